The molecule has 2 heterocycles. The highest BCUT2D eigenvalue weighted by molar-refractivity contribution is 6.31. The Morgan fingerprint density at radius 2 is 1.92 bits per heavy atom. The first-order chi connectivity index (χ1) is 12.7. The van der Waals surface area contributed by atoms with Crippen LogP contribution in [0, 0.1) is 0 Å². The Morgan fingerprint density at radius 1 is 1.15 bits per heavy atom. The summed E-state index contributed by atoms with van der Waals surface area (Å²) in [4.78, 5) is 18.8. The van der Waals surface area contributed by atoms with Crippen LogP contribution in [-0.2, 0) is 11.3 Å². The van der Waals surface area contributed by atoms with Gasteiger partial charge in [-0.15, -0.1) is 0 Å². The minimum atomic E-state index is -0.0605. The molecule has 3 N–H and O–H groups in total. The van der Waals surface area contributed by atoms with Gasteiger partial charge in [0.25, 0.3) is 5.91 Å². The standard InChI is InChI=1S/C19H22ClN5O/c20-18-6-2-1-5-17(18)14-24-8-10-25(11-9-24)15-19(26)23-22-13-16-4-3-7-21-12-16/h1-7,12-13H,8-11,14-15H2,(H,23,26)/p+2/b22-13-. The van der Waals surface area contributed by atoms with E-state index >= 15 is 0 Å². The van der Waals surface area contributed by atoms with Crippen LogP contribution in [0.2, 0.25) is 5.02 Å². The molecule has 2 aromatic rings. The molecular weight excluding hydrogens is 350 g/mol. The van der Waals surface area contributed by atoms with Gasteiger partial charge in [0.15, 0.2) is 6.54 Å². The van der Waals surface area contributed by atoms with Crippen molar-refractivity contribution in [3.05, 3.63) is 64.9 Å². The number of piperazine rings is 1. The second-order valence-electron chi connectivity index (χ2n) is 6.52. The highest BCUT2D eigenvalue weighted by atomic mass is 35.5. The van der Waals surface area contributed by atoms with Crippen molar-refractivity contribution in [1.29, 1.82) is 0 Å². The Bertz CT molecular complexity index is 745. The predicted octanol–water partition coefficient (Wildman–Crippen LogP) is -0.831. The Hall–Kier alpha value is -2.28. The maximum absolute atomic E-state index is 12.0. The normalized spacial score (nSPS) is 20.2. The maximum atomic E-state index is 12.0. The zero-order chi connectivity index (χ0) is 18.2. The number of hydrogen-bond donors (Lipinski definition) is 3. The van der Waals surface area contributed by atoms with Crippen molar-refractivity contribution in [2.24, 2.45) is 5.10 Å². The molecule has 0 bridgehead atoms. The summed E-state index contributed by atoms with van der Waals surface area (Å²) < 4.78 is 0. The molecule has 0 saturated carbocycles. The number of nitrogens with one attached hydrogen (secondary N) is 3. The molecule has 0 aliphatic carbocycles. The summed E-state index contributed by atoms with van der Waals surface area (Å²) in [6, 6.07) is 11.7. The minimum Gasteiger partial charge on any atom is -0.322 e. The van der Waals surface area contributed by atoms with E-state index in [1.165, 1.54) is 15.4 Å². The van der Waals surface area contributed by atoms with Crippen molar-refractivity contribution in [2.75, 3.05) is 32.7 Å². The predicted molar refractivity (Wildman–Crippen MR) is 101 cm³/mol. The molecule has 0 radical (unpaired) electrons. The number of amides is 1. The largest absolute Gasteiger partial charge is 0.322 e. The molecule has 26 heavy (non-hydrogen) atoms. The first-order valence-corrected chi connectivity index (χ1v) is 9.21. The second kappa shape index (κ2) is 9.43. The minimum absolute atomic E-state index is 0.0605. The average molecular weight is 374 g/mol. The fraction of sp³-hybridized carbons (Fsp3) is 0.316. The summed E-state index contributed by atoms with van der Waals surface area (Å²) in [6.07, 6.45) is 5.00. The molecule has 0 unspecified atom stereocenters. The van der Waals surface area contributed by atoms with E-state index in [9.17, 15) is 4.79 Å². The van der Waals surface area contributed by atoms with Crippen LogP contribution in [0.15, 0.2) is 53.9 Å². The number of carbonyl (C=O) groups excluding carboxylic acids is 1. The third-order valence-electron chi connectivity index (χ3n) is 4.56. The average Bonchev–Trinajstić information content (AvgIpc) is 2.66. The van der Waals surface area contributed by atoms with Crippen LogP contribution in [0.5, 0.6) is 0 Å². The smallest absolute Gasteiger partial charge is 0.295 e. The molecule has 1 fully saturated rings. The number of rotatable bonds is 6. The highest BCUT2D eigenvalue weighted by Crippen LogP contribution is 2.13. The van der Waals surface area contributed by atoms with Gasteiger partial charge in [-0.3, -0.25) is 9.78 Å². The number of benzene rings is 1. The lowest BCUT2D eigenvalue weighted by Gasteiger charge is -2.29. The summed E-state index contributed by atoms with van der Waals surface area (Å²) in [5.41, 5.74) is 4.64. The Balaban J connectivity index is 1.39. The maximum Gasteiger partial charge on any atom is 0.295 e. The topological polar surface area (TPSA) is 63.2 Å². The fourth-order valence-electron chi connectivity index (χ4n) is 3.12. The number of aromatic nitrogens is 1. The van der Waals surface area contributed by atoms with Gasteiger partial charge in [0, 0.05) is 28.5 Å². The van der Waals surface area contributed by atoms with Crippen LogP contribution in [0.25, 0.3) is 0 Å². The van der Waals surface area contributed by atoms with E-state index in [0.29, 0.717) is 6.54 Å². The van der Waals surface area contributed by atoms with Crippen molar-refractivity contribution in [1.82, 2.24) is 10.4 Å². The van der Waals surface area contributed by atoms with Crippen LogP contribution in [0.3, 0.4) is 0 Å². The quantitative estimate of drug-likeness (QED) is 0.457. The first kappa shape index (κ1) is 18.5. The zero-order valence-corrected chi connectivity index (χ0v) is 15.4. The summed E-state index contributed by atoms with van der Waals surface area (Å²) in [6.45, 7) is 5.40. The Kier molecular flexibility index (Phi) is 6.71. The number of hydrazone groups is 1. The number of nitrogens with zero attached hydrogens (tertiary/aromatic N) is 2. The molecule has 1 saturated heterocycles. The van der Waals surface area contributed by atoms with Crippen LogP contribution in [-0.4, -0.2) is 49.8 Å². The van der Waals surface area contributed by atoms with Crippen LogP contribution < -0.4 is 15.2 Å². The second-order valence-corrected chi connectivity index (χ2v) is 6.93. The van der Waals surface area contributed by atoms with Crippen molar-refractivity contribution in [3.8, 4) is 0 Å². The third-order valence-corrected chi connectivity index (χ3v) is 4.93. The number of quaternary nitrogens is 2. The van der Waals surface area contributed by atoms with Gasteiger partial charge in [0.05, 0.1) is 6.21 Å². The van der Waals surface area contributed by atoms with Gasteiger partial charge in [0.1, 0.15) is 32.7 Å². The molecule has 3 rings (SSSR count). The molecule has 0 spiro atoms. The SMILES string of the molecule is O=C(C[NH+]1CC[NH+](Cc2ccccc2Cl)CC1)N/N=C\c1cccnc1. The Labute approximate surface area is 158 Å². The van der Waals surface area contributed by atoms with Crippen molar-refractivity contribution in [3.63, 3.8) is 0 Å². The lowest BCUT2D eigenvalue weighted by atomic mass is 10.2. The third kappa shape index (κ3) is 5.62. The number of halogens is 1. The monoisotopic (exact) mass is 373 g/mol. The van der Waals surface area contributed by atoms with E-state index in [-0.39, 0.29) is 5.91 Å². The molecule has 6 nitrogen and oxygen atoms in total. The summed E-state index contributed by atoms with van der Waals surface area (Å²) >= 11 is 6.24. The van der Waals surface area contributed by atoms with Gasteiger partial charge < -0.3 is 9.80 Å². The van der Waals surface area contributed by atoms with Gasteiger partial charge in [-0.05, 0) is 12.1 Å². The van der Waals surface area contributed by atoms with Gasteiger partial charge >= 0.3 is 0 Å². The number of pyridine rings is 1. The number of hydrogen-bond acceptors (Lipinski definition) is 3. The molecule has 0 atom stereocenters. The summed E-state index contributed by atoms with van der Waals surface area (Å²) in [7, 11) is 0. The van der Waals surface area contributed by atoms with Gasteiger partial charge in [-0.2, -0.15) is 5.10 Å². The molecule has 7 heteroatoms. The summed E-state index contributed by atoms with van der Waals surface area (Å²) in [5, 5.41) is 4.82. The van der Waals surface area contributed by atoms with E-state index in [0.717, 1.165) is 43.3 Å². The molecule has 1 aromatic carbocycles. The van der Waals surface area contributed by atoms with Crippen molar-refractivity contribution in [2.45, 2.75) is 6.54 Å². The molecule has 1 amide bonds. The van der Waals surface area contributed by atoms with Crippen LogP contribution in [0.1, 0.15) is 11.1 Å². The first-order valence-electron chi connectivity index (χ1n) is 8.83. The van der Waals surface area contributed by atoms with Crippen molar-refractivity contribution < 1.29 is 14.6 Å². The van der Waals surface area contributed by atoms with E-state index in [2.05, 4.69) is 21.6 Å². The lowest BCUT2D eigenvalue weighted by molar-refractivity contribution is -1.02. The van der Waals surface area contributed by atoms with E-state index in [4.69, 9.17) is 11.6 Å². The molecule has 1 aromatic heterocycles. The molecule has 136 valence electrons. The van der Waals surface area contributed by atoms with E-state index < -0.39 is 0 Å². The fourth-order valence-corrected chi connectivity index (χ4v) is 3.32. The van der Waals surface area contributed by atoms with Crippen molar-refractivity contribution >= 4 is 23.7 Å². The number of carbonyl (C=O) groups is 1. The van der Waals surface area contributed by atoms with Crippen LogP contribution >= 0.6 is 11.6 Å². The summed E-state index contributed by atoms with van der Waals surface area (Å²) in [5.74, 6) is -0.0605. The van der Waals surface area contributed by atoms with E-state index in [1.807, 2.05) is 30.3 Å². The van der Waals surface area contributed by atoms with Gasteiger partial charge in [-0.25, -0.2) is 5.43 Å². The van der Waals surface area contributed by atoms with E-state index in [1.54, 1.807) is 18.6 Å². The Morgan fingerprint density at radius 3 is 2.65 bits per heavy atom. The highest BCUT2D eigenvalue weighted by Gasteiger charge is 2.25. The molecule has 1 aliphatic rings. The molecule has 1 aliphatic heterocycles. The lowest BCUT2D eigenvalue weighted by Crippen LogP contribution is -3.28. The zero-order valence-electron chi connectivity index (χ0n) is 14.6. The molecular formula is C19H24ClN5O+2. The van der Waals surface area contributed by atoms with Crippen LogP contribution in [0.4, 0.5) is 0 Å². The van der Waals surface area contributed by atoms with Gasteiger partial charge in [-0.1, -0.05) is 35.9 Å². The van der Waals surface area contributed by atoms with Gasteiger partial charge in [0.2, 0.25) is 0 Å².